The maximum Gasteiger partial charge on any atom is 0.265 e. The maximum atomic E-state index is 11.5. The Labute approximate surface area is 88.5 Å². The van der Waals surface area contributed by atoms with E-state index in [9.17, 15) is 4.79 Å². The van der Waals surface area contributed by atoms with Gasteiger partial charge in [0.05, 0.1) is 0 Å². The zero-order valence-corrected chi connectivity index (χ0v) is 9.39. The Kier molecular flexibility index (Phi) is 3.98. The van der Waals surface area contributed by atoms with Crippen LogP contribution < -0.4 is 5.43 Å². The first kappa shape index (κ1) is 11.1. The normalized spacial score (nSPS) is 10.3. The van der Waals surface area contributed by atoms with Gasteiger partial charge in [0.2, 0.25) is 0 Å². The number of hydrogen-bond acceptors (Lipinski definition) is 3. The third kappa shape index (κ3) is 3.05. The van der Waals surface area contributed by atoms with Gasteiger partial charge in [-0.05, 0) is 30.5 Å². The molecule has 0 aliphatic carbocycles. The van der Waals surface area contributed by atoms with Crippen molar-refractivity contribution in [3.8, 4) is 0 Å². The van der Waals surface area contributed by atoms with Gasteiger partial charge in [-0.1, -0.05) is 0 Å². The lowest BCUT2D eigenvalue weighted by molar-refractivity contribution is 0.0857. The number of nitrogens with zero attached hydrogens (tertiary/aromatic N) is 1. The Balaban J connectivity index is 2.71. The van der Waals surface area contributed by atoms with Crippen molar-refractivity contribution < 1.29 is 4.79 Å². The number of amides is 1. The minimum absolute atomic E-state index is 0.0809. The number of hydrogen-bond donors (Lipinski definition) is 1. The molecule has 0 atom stereocenters. The fourth-order valence-electron chi connectivity index (χ4n) is 1.01. The first-order valence-corrected chi connectivity index (χ1v) is 5.48. The van der Waals surface area contributed by atoms with Crippen LogP contribution in [-0.2, 0) is 0 Å². The predicted octanol–water partition coefficient (Wildman–Crippen LogP) is 1.61. The van der Waals surface area contributed by atoms with Crippen LogP contribution in [0.4, 0.5) is 0 Å². The summed E-state index contributed by atoms with van der Waals surface area (Å²) in [5, 5.41) is 1.63. The smallest absolute Gasteiger partial charge is 0.265 e. The molecular formula is C10H14N2OS. The molecular weight excluding hydrogens is 196 g/mol. The van der Waals surface area contributed by atoms with E-state index < -0.39 is 0 Å². The third-order valence-electron chi connectivity index (χ3n) is 1.68. The van der Waals surface area contributed by atoms with Gasteiger partial charge in [-0.15, -0.1) is 11.8 Å². The molecule has 1 rings (SSSR count). The Bertz CT molecular complexity index is 308. The van der Waals surface area contributed by atoms with Crippen LogP contribution in [0.5, 0.6) is 0 Å². The van der Waals surface area contributed by atoms with Crippen LogP contribution in [-0.4, -0.2) is 31.3 Å². The number of nitrogens with one attached hydrogen (secondary N) is 1. The lowest BCUT2D eigenvalue weighted by Gasteiger charge is -2.11. The van der Waals surface area contributed by atoms with Gasteiger partial charge in [0, 0.05) is 24.6 Å². The Morgan fingerprint density at radius 2 is 1.86 bits per heavy atom. The van der Waals surface area contributed by atoms with Crippen LogP contribution >= 0.6 is 11.8 Å². The van der Waals surface area contributed by atoms with E-state index in [2.05, 4.69) is 5.43 Å². The molecule has 0 radical (unpaired) electrons. The molecule has 3 nitrogen and oxygen atoms in total. The van der Waals surface area contributed by atoms with E-state index in [1.165, 1.54) is 0 Å². The minimum atomic E-state index is -0.0809. The summed E-state index contributed by atoms with van der Waals surface area (Å²) in [6.07, 6.45) is 2.01. The zero-order chi connectivity index (χ0) is 10.6. The molecule has 0 saturated carbocycles. The van der Waals surface area contributed by atoms with E-state index in [4.69, 9.17) is 0 Å². The largest absolute Gasteiger partial charge is 0.285 e. The molecule has 1 N–H and O–H groups in total. The molecule has 0 fully saturated rings. The van der Waals surface area contributed by atoms with E-state index >= 15 is 0 Å². The molecule has 0 saturated heterocycles. The summed E-state index contributed by atoms with van der Waals surface area (Å²) in [7, 11) is 3.57. The van der Waals surface area contributed by atoms with Gasteiger partial charge in [-0.25, -0.2) is 5.01 Å². The number of carbonyl (C=O) groups excluding carboxylic acids is 1. The Morgan fingerprint density at radius 1 is 1.29 bits per heavy atom. The van der Waals surface area contributed by atoms with E-state index in [0.717, 1.165) is 4.90 Å². The quantitative estimate of drug-likeness (QED) is 0.607. The summed E-state index contributed by atoms with van der Waals surface area (Å²) < 4.78 is 0. The van der Waals surface area contributed by atoms with Gasteiger partial charge < -0.3 is 0 Å². The average molecular weight is 210 g/mol. The highest BCUT2D eigenvalue weighted by molar-refractivity contribution is 7.98. The highest BCUT2D eigenvalue weighted by atomic mass is 32.2. The summed E-state index contributed by atoms with van der Waals surface area (Å²) in [6, 6.07) is 7.53. The summed E-state index contributed by atoms with van der Waals surface area (Å²) in [6.45, 7) is 0. The van der Waals surface area contributed by atoms with Gasteiger partial charge in [0.25, 0.3) is 5.91 Å². The van der Waals surface area contributed by atoms with Crippen LogP contribution in [0.25, 0.3) is 0 Å². The van der Waals surface area contributed by atoms with Crippen LogP contribution in [0, 0.1) is 0 Å². The fraction of sp³-hybridized carbons (Fsp3) is 0.300. The summed E-state index contributed by atoms with van der Waals surface area (Å²) in [4.78, 5) is 12.7. The number of hydrazine groups is 1. The van der Waals surface area contributed by atoms with E-state index in [1.54, 1.807) is 30.9 Å². The summed E-state index contributed by atoms with van der Waals surface area (Å²) in [5.41, 5.74) is 3.36. The zero-order valence-electron chi connectivity index (χ0n) is 8.57. The third-order valence-corrected chi connectivity index (χ3v) is 2.42. The monoisotopic (exact) mass is 210 g/mol. The molecule has 76 valence electrons. The van der Waals surface area contributed by atoms with Crippen LogP contribution in [0.1, 0.15) is 10.4 Å². The second kappa shape index (κ2) is 5.02. The highest BCUT2D eigenvalue weighted by Crippen LogP contribution is 2.14. The second-order valence-corrected chi connectivity index (χ2v) is 3.94. The number of rotatable bonds is 3. The molecule has 0 aliphatic rings. The number of thioether (sulfide) groups is 1. The summed E-state index contributed by atoms with van der Waals surface area (Å²) in [5.74, 6) is -0.0809. The molecule has 1 aromatic carbocycles. The fourth-order valence-corrected chi connectivity index (χ4v) is 1.42. The highest BCUT2D eigenvalue weighted by Gasteiger charge is 2.04. The molecule has 4 heteroatoms. The van der Waals surface area contributed by atoms with Crippen molar-refractivity contribution in [3.05, 3.63) is 29.8 Å². The Hall–Kier alpha value is -1.00. The van der Waals surface area contributed by atoms with E-state index in [1.807, 2.05) is 30.5 Å². The number of benzene rings is 1. The van der Waals surface area contributed by atoms with Crippen molar-refractivity contribution in [2.75, 3.05) is 20.4 Å². The van der Waals surface area contributed by atoms with Crippen molar-refractivity contribution >= 4 is 17.7 Å². The van der Waals surface area contributed by atoms with Gasteiger partial charge in [-0.3, -0.25) is 10.2 Å². The molecule has 0 unspecified atom stereocenters. The van der Waals surface area contributed by atoms with Gasteiger partial charge in [0.1, 0.15) is 0 Å². The second-order valence-electron chi connectivity index (χ2n) is 3.06. The van der Waals surface area contributed by atoms with Crippen molar-refractivity contribution in [3.63, 3.8) is 0 Å². The van der Waals surface area contributed by atoms with Gasteiger partial charge in [0.15, 0.2) is 0 Å². The number of carbonyl (C=O) groups is 1. The lowest BCUT2D eigenvalue weighted by atomic mass is 10.2. The van der Waals surface area contributed by atoms with Crippen molar-refractivity contribution in [1.82, 2.24) is 10.4 Å². The molecule has 0 spiro atoms. The molecule has 1 aromatic rings. The standard InChI is InChI=1S/C10H14N2OS/c1-12(2)11-10(13)8-4-6-9(14-3)7-5-8/h4-7H,1-3H3,(H,11,13). The summed E-state index contributed by atoms with van der Waals surface area (Å²) >= 11 is 1.66. The van der Waals surface area contributed by atoms with Gasteiger partial charge >= 0.3 is 0 Å². The van der Waals surface area contributed by atoms with Crippen LogP contribution in [0.15, 0.2) is 29.2 Å². The minimum Gasteiger partial charge on any atom is -0.285 e. The molecule has 0 heterocycles. The lowest BCUT2D eigenvalue weighted by Crippen LogP contribution is -2.36. The molecule has 0 aromatic heterocycles. The average Bonchev–Trinajstić information content (AvgIpc) is 2.17. The van der Waals surface area contributed by atoms with Crippen LogP contribution in [0.3, 0.4) is 0 Å². The van der Waals surface area contributed by atoms with Crippen molar-refractivity contribution in [2.45, 2.75) is 4.90 Å². The van der Waals surface area contributed by atoms with Gasteiger partial charge in [-0.2, -0.15) is 0 Å². The molecule has 0 aliphatic heterocycles. The predicted molar refractivity (Wildman–Crippen MR) is 59.4 cm³/mol. The topological polar surface area (TPSA) is 32.3 Å². The molecule has 0 bridgehead atoms. The van der Waals surface area contributed by atoms with E-state index in [-0.39, 0.29) is 5.91 Å². The van der Waals surface area contributed by atoms with Crippen LogP contribution in [0.2, 0.25) is 0 Å². The van der Waals surface area contributed by atoms with Crippen molar-refractivity contribution in [1.29, 1.82) is 0 Å². The first-order valence-electron chi connectivity index (χ1n) is 4.26. The molecule has 1 amide bonds. The van der Waals surface area contributed by atoms with Crippen molar-refractivity contribution in [2.24, 2.45) is 0 Å². The maximum absolute atomic E-state index is 11.5. The van der Waals surface area contributed by atoms with E-state index in [0.29, 0.717) is 5.56 Å². The Morgan fingerprint density at radius 3 is 2.29 bits per heavy atom. The first-order chi connectivity index (χ1) is 6.63. The SMILES string of the molecule is CSc1ccc(C(=O)NN(C)C)cc1. The molecule has 14 heavy (non-hydrogen) atoms.